The molecule has 0 aliphatic carbocycles. The Kier molecular flexibility index (Phi) is 7.70. The van der Waals surface area contributed by atoms with Crippen molar-refractivity contribution in [3.8, 4) is 5.75 Å². The first kappa shape index (κ1) is 25.3. The minimum absolute atomic E-state index is 0.118. The molecule has 0 bridgehead atoms. The van der Waals surface area contributed by atoms with Crippen LogP contribution in [0.2, 0.25) is 0 Å². The molecule has 0 radical (unpaired) electrons. The van der Waals surface area contributed by atoms with E-state index in [1.165, 1.54) is 12.1 Å². The van der Waals surface area contributed by atoms with Gasteiger partial charge in [0.25, 0.3) is 15.6 Å². The molecule has 0 heterocycles. The number of carbonyl (C=O) groups excluding carboxylic acids is 1. The number of unbranched alkanes of at least 4 members (excludes halogenated alkanes) is 2. The zero-order valence-electron chi connectivity index (χ0n) is 20.0. The first-order valence-electron chi connectivity index (χ1n) is 11.4. The van der Waals surface area contributed by atoms with Crippen molar-refractivity contribution in [1.82, 2.24) is 0 Å². The summed E-state index contributed by atoms with van der Waals surface area (Å²) < 4.78 is 33.1. The smallest absolute Gasteiger partial charge is 0.457 e. The second-order valence-electron chi connectivity index (χ2n) is 9.27. The number of sulfone groups is 1. The van der Waals surface area contributed by atoms with Crippen molar-refractivity contribution in [3.63, 3.8) is 0 Å². The minimum Gasteiger partial charge on any atom is -0.492 e. The normalized spacial score (nSPS) is 11.8. The molecule has 0 saturated heterocycles. The van der Waals surface area contributed by atoms with Crippen LogP contribution in [0.1, 0.15) is 62.9 Å². The lowest BCUT2D eigenvalue weighted by molar-refractivity contribution is -0.00159. The molecule has 0 aliphatic rings. The lowest BCUT2D eigenvalue weighted by atomic mass is 9.87. The van der Waals surface area contributed by atoms with Crippen LogP contribution in [-0.4, -0.2) is 30.6 Å². The Balaban J connectivity index is 2.07. The fourth-order valence-corrected chi connectivity index (χ4v) is 4.97. The van der Waals surface area contributed by atoms with Crippen LogP contribution in [0.4, 0.5) is 0 Å². The number of nitrogens with zero attached hydrogens (tertiary/aromatic N) is 2. The van der Waals surface area contributed by atoms with Gasteiger partial charge in [0, 0.05) is 5.56 Å². The second kappa shape index (κ2) is 10.3. The summed E-state index contributed by atoms with van der Waals surface area (Å²) in [6.45, 7) is 8.29. The van der Waals surface area contributed by atoms with Gasteiger partial charge in [0.2, 0.25) is 0 Å². The van der Waals surface area contributed by atoms with E-state index in [2.05, 4.69) is 11.7 Å². The fraction of sp³-hybridized carbons (Fsp3) is 0.333. The highest BCUT2D eigenvalue weighted by Gasteiger charge is 2.40. The topological polar surface area (TPSA) is 96.8 Å². The molecule has 0 N–H and O–H groups in total. The van der Waals surface area contributed by atoms with Gasteiger partial charge in [0.05, 0.1) is 6.61 Å². The zero-order chi connectivity index (χ0) is 24.9. The van der Waals surface area contributed by atoms with Gasteiger partial charge in [-0.2, -0.15) is 0 Å². The van der Waals surface area contributed by atoms with Crippen LogP contribution in [-0.2, 0) is 15.3 Å². The summed E-state index contributed by atoms with van der Waals surface area (Å²) in [5.74, 6) is -0.747. The summed E-state index contributed by atoms with van der Waals surface area (Å²) in [6, 6.07) is 17.2. The molecular weight excluding hydrogens is 448 g/mol. The number of fused-ring (bicyclic) bond motifs is 1. The first-order valence-corrected chi connectivity index (χ1v) is 12.9. The van der Waals surface area contributed by atoms with Crippen molar-refractivity contribution in [2.75, 3.05) is 6.61 Å². The maximum absolute atomic E-state index is 13.6. The Bertz CT molecular complexity index is 1360. The van der Waals surface area contributed by atoms with Crippen LogP contribution in [0.5, 0.6) is 5.75 Å². The van der Waals surface area contributed by atoms with E-state index in [0.29, 0.717) is 6.61 Å². The molecule has 34 heavy (non-hydrogen) atoms. The van der Waals surface area contributed by atoms with Gasteiger partial charge in [-0.05, 0) is 46.4 Å². The lowest BCUT2D eigenvalue weighted by Crippen LogP contribution is -2.27. The van der Waals surface area contributed by atoms with E-state index in [9.17, 15) is 18.7 Å². The molecule has 6 nitrogen and oxygen atoms in total. The number of Topliss-reactive ketones (excluding diaryl/α,β-unsaturated/α-hetero) is 1. The van der Waals surface area contributed by atoms with E-state index in [1.807, 2.05) is 51.1 Å². The molecule has 0 spiro atoms. The van der Waals surface area contributed by atoms with Crippen LogP contribution >= 0.6 is 0 Å². The van der Waals surface area contributed by atoms with Gasteiger partial charge in [-0.3, -0.25) is 4.79 Å². The average Bonchev–Trinajstić information content (AvgIpc) is 2.81. The van der Waals surface area contributed by atoms with E-state index in [1.54, 1.807) is 18.2 Å². The molecule has 0 atom stereocenters. The van der Waals surface area contributed by atoms with Crippen molar-refractivity contribution in [3.05, 3.63) is 77.3 Å². The Hall–Kier alpha value is -3.28. The third-order valence-electron chi connectivity index (χ3n) is 5.66. The number of carbonyl (C=O) groups is 1. The minimum atomic E-state index is -4.48. The molecule has 0 unspecified atom stereocenters. The monoisotopic (exact) mass is 478 g/mol. The molecule has 178 valence electrons. The largest absolute Gasteiger partial charge is 0.492 e. The van der Waals surface area contributed by atoms with Crippen molar-refractivity contribution in [2.24, 2.45) is 0 Å². The number of benzene rings is 3. The van der Waals surface area contributed by atoms with Crippen molar-refractivity contribution in [1.29, 1.82) is 0 Å². The number of hydrogen-bond donors (Lipinski definition) is 0. The Morgan fingerprint density at radius 2 is 1.68 bits per heavy atom. The number of ether oxygens (including phenoxy) is 1. The quantitative estimate of drug-likeness (QED) is 0.0991. The molecule has 0 aromatic heterocycles. The summed E-state index contributed by atoms with van der Waals surface area (Å²) in [4.78, 5) is 16.0. The van der Waals surface area contributed by atoms with Gasteiger partial charge in [0.15, 0.2) is 0 Å². The maximum atomic E-state index is 13.6. The van der Waals surface area contributed by atoms with Crippen LogP contribution < -0.4 is 4.74 Å². The number of ketones is 1. The van der Waals surface area contributed by atoms with E-state index in [0.717, 1.165) is 35.6 Å². The molecule has 3 aromatic rings. The van der Waals surface area contributed by atoms with Gasteiger partial charge in [-0.15, -0.1) is 4.79 Å². The van der Waals surface area contributed by atoms with Crippen LogP contribution in [0.15, 0.2) is 65.6 Å². The Morgan fingerprint density at radius 3 is 2.32 bits per heavy atom. The van der Waals surface area contributed by atoms with E-state index < -0.39 is 20.7 Å². The molecule has 0 amide bonds. The summed E-state index contributed by atoms with van der Waals surface area (Å²) in [5.41, 5.74) is 10.2. The molecular formula is C27H30N2O4S. The van der Waals surface area contributed by atoms with Gasteiger partial charge in [-0.25, -0.2) is 8.42 Å². The number of hydrogen-bond acceptors (Lipinski definition) is 4. The third-order valence-corrected chi connectivity index (χ3v) is 7.33. The summed E-state index contributed by atoms with van der Waals surface area (Å²) in [6.07, 6.45) is 2.72. The molecule has 7 heteroatoms. The predicted octanol–water partition coefficient (Wildman–Crippen LogP) is 5.99. The van der Waals surface area contributed by atoms with Gasteiger partial charge in [0.1, 0.15) is 10.6 Å². The lowest BCUT2D eigenvalue weighted by Gasteiger charge is -2.21. The van der Waals surface area contributed by atoms with Crippen LogP contribution in [0.25, 0.3) is 16.3 Å². The Morgan fingerprint density at radius 1 is 0.971 bits per heavy atom. The third kappa shape index (κ3) is 5.44. The highest BCUT2D eigenvalue weighted by atomic mass is 32.2. The van der Waals surface area contributed by atoms with Gasteiger partial charge >= 0.3 is 5.04 Å². The van der Waals surface area contributed by atoms with Gasteiger partial charge in [-0.1, -0.05) is 83.0 Å². The predicted molar refractivity (Wildman–Crippen MR) is 134 cm³/mol. The summed E-state index contributed by atoms with van der Waals surface area (Å²) in [7, 11) is -4.48. The van der Waals surface area contributed by atoms with Gasteiger partial charge < -0.3 is 10.3 Å². The second-order valence-corrected chi connectivity index (χ2v) is 11.1. The zero-order valence-corrected chi connectivity index (χ0v) is 20.9. The highest BCUT2D eigenvalue weighted by Crippen LogP contribution is 2.32. The van der Waals surface area contributed by atoms with Crippen molar-refractivity contribution >= 4 is 31.4 Å². The van der Waals surface area contributed by atoms with Crippen molar-refractivity contribution < 1.29 is 22.7 Å². The first-order chi connectivity index (χ1) is 16.1. The van der Waals surface area contributed by atoms with E-state index >= 15 is 0 Å². The molecule has 0 fully saturated rings. The standard InChI is InChI=1S/C27H30N2O4S/c1-5-6-9-16-33-23-15-14-22(27(2,3)4)18-24(23)34(31,32)26(29-28)25(30)21-13-12-19-10-7-8-11-20(19)17-21/h7-8,10-15,17-18H,5-6,9,16H2,1-4H3. The average molecular weight is 479 g/mol. The van der Waals surface area contributed by atoms with E-state index in [4.69, 9.17) is 4.74 Å². The van der Waals surface area contributed by atoms with Crippen molar-refractivity contribution in [2.45, 2.75) is 57.3 Å². The molecule has 3 aromatic carbocycles. The highest BCUT2D eigenvalue weighted by molar-refractivity contribution is 8.08. The molecule has 0 saturated carbocycles. The molecule has 0 aliphatic heterocycles. The maximum Gasteiger partial charge on any atom is 0.457 e. The number of rotatable bonds is 8. The fourth-order valence-electron chi connectivity index (χ4n) is 3.62. The summed E-state index contributed by atoms with van der Waals surface area (Å²) >= 11 is 0. The summed E-state index contributed by atoms with van der Waals surface area (Å²) in [5, 5.41) is 0.745. The van der Waals surface area contributed by atoms with E-state index in [-0.39, 0.29) is 21.6 Å². The molecule has 3 rings (SSSR count). The van der Waals surface area contributed by atoms with Crippen LogP contribution in [0, 0.1) is 0 Å². The SMILES string of the molecule is CCCCCOc1ccc(C(C)(C)C)cc1S(=O)(=O)C(=[N+]=[N-])C(=O)c1ccc2ccccc2c1. The van der Waals surface area contributed by atoms with Crippen LogP contribution in [0.3, 0.4) is 0 Å². The Labute approximate surface area is 201 Å².